The summed E-state index contributed by atoms with van der Waals surface area (Å²) < 4.78 is 31.3. The maximum atomic E-state index is 12.3. The van der Waals surface area contributed by atoms with Gasteiger partial charge in [-0.15, -0.1) is 0 Å². The van der Waals surface area contributed by atoms with Crippen LogP contribution in [0.2, 0.25) is 0 Å². The number of hydrogen-bond donors (Lipinski definition) is 1. The molecule has 1 aliphatic rings. The minimum Gasteiger partial charge on any atom is -0.463 e. The summed E-state index contributed by atoms with van der Waals surface area (Å²) >= 11 is 0. The third-order valence-corrected chi connectivity index (χ3v) is 5.43. The van der Waals surface area contributed by atoms with Gasteiger partial charge >= 0.3 is 5.97 Å². The molecule has 0 amide bonds. The Morgan fingerprint density at radius 1 is 1.20 bits per heavy atom. The number of carbonyl (C=O) groups excluding carboxylic acids is 1. The van der Waals surface area contributed by atoms with E-state index in [1.807, 2.05) is 0 Å². The fourth-order valence-electron chi connectivity index (χ4n) is 1.95. The number of nitrogens with one attached hydrogen (secondary N) is 1. The van der Waals surface area contributed by atoms with Crippen LogP contribution in [0, 0.1) is 0 Å². The summed E-state index contributed by atoms with van der Waals surface area (Å²) in [5.74, 6) is -0.402. The highest BCUT2D eigenvalue weighted by Crippen LogP contribution is 2.25. The summed E-state index contributed by atoms with van der Waals surface area (Å²) in [5, 5.41) is 0. The molecule has 1 N–H and O–H groups in total. The van der Waals surface area contributed by atoms with Crippen LogP contribution in [0.5, 0.6) is 0 Å². The Morgan fingerprint density at radius 3 is 2.35 bits per heavy atom. The molecule has 0 unspecified atom stereocenters. The highest BCUT2D eigenvalue weighted by molar-refractivity contribution is 7.90. The maximum absolute atomic E-state index is 12.3. The summed E-state index contributed by atoms with van der Waals surface area (Å²) in [6.45, 7) is 6.94. The van der Waals surface area contributed by atoms with E-state index in [2.05, 4.69) is 4.72 Å². The summed E-state index contributed by atoms with van der Waals surface area (Å²) in [5.41, 5.74) is 0.994. The van der Waals surface area contributed by atoms with Crippen molar-refractivity contribution in [3.63, 3.8) is 0 Å². The number of sulfonamides is 1. The van der Waals surface area contributed by atoms with Gasteiger partial charge in [0, 0.05) is 5.70 Å². The minimum absolute atomic E-state index is 0.293. The number of allylic oxidation sites excluding steroid dienone is 1. The van der Waals surface area contributed by atoms with Gasteiger partial charge in [-0.2, -0.15) is 0 Å². The van der Waals surface area contributed by atoms with E-state index in [1.54, 1.807) is 27.7 Å². The van der Waals surface area contributed by atoms with Crippen molar-refractivity contribution >= 4 is 16.0 Å². The standard InChI is InChI=1S/C14H25NO4S/c1-5-19-13(16)11-9-7-6-8-10-12(11)15-20(17,18)14(2,3)4/h15H,5-10H2,1-4H3. The minimum atomic E-state index is -3.51. The van der Waals surface area contributed by atoms with Crippen LogP contribution in [0.15, 0.2) is 11.3 Å². The molecule has 0 aromatic carbocycles. The average molecular weight is 303 g/mol. The molecule has 0 bridgehead atoms. The lowest BCUT2D eigenvalue weighted by molar-refractivity contribution is -0.138. The Bertz CT molecular complexity index is 486. The van der Waals surface area contributed by atoms with Crippen LogP contribution in [-0.2, 0) is 19.6 Å². The largest absolute Gasteiger partial charge is 0.463 e. The lowest BCUT2D eigenvalue weighted by atomic mass is 10.1. The van der Waals surface area contributed by atoms with Crippen molar-refractivity contribution in [2.45, 2.75) is 64.5 Å². The van der Waals surface area contributed by atoms with E-state index < -0.39 is 20.7 Å². The molecular weight excluding hydrogens is 278 g/mol. The van der Waals surface area contributed by atoms with Crippen molar-refractivity contribution in [3.8, 4) is 0 Å². The fraction of sp³-hybridized carbons (Fsp3) is 0.786. The number of hydrogen-bond acceptors (Lipinski definition) is 4. The summed E-state index contributed by atoms with van der Waals surface area (Å²) in [6.07, 6.45) is 3.90. The monoisotopic (exact) mass is 303 g/mol. The van der Waals surface area contributed by atoms with Crippen LogP contribution in [0.25, 0.3) is 0 Å². The Balaban J connectivity index is 3.09. The van der Waals surface area contributed by atoms with Gasteiger partial charge in [0.2, 0.25) is 10.0 Å². The van der Waals surface area contributed by atoms with Crippen LogP contribution in [0.3, 0.4) is 0 Å². The second-order valence-corrected chi connectivity index (χ2v) is 8.39. The summed E-state index contributed by atoms with van der Waals surface area (Å²) in [6, 6.07) is 0. The van der Waals surface area contributed by atoms with Crippen molar-refractivity contribution in [1.82, 2.24) is 4.72 Å². The quantitative estimate of drug-likeness (QED) is 0.810. The lowest BCUT2D eigenvalue weighted by Gasteiger charge is -2.23. The molecule has 0 atom stereocenters. The number of esters is 1. The third-order valence-electron chi connectivity index (χ3n) is 3.30. The first-order valence-electron chi connectivity index (χ1n) is 7.10. The van der Waals surface area contributed by atoms with Crippen LogP contribution in [0.4, 0.5) is 0 Å². The molecule has 0 heterocycles. The molecule has 20 heavy (non-hydrogen) atoms. The SMILES string of the molecule is CCOC(=O)C1=C(NS(=O)(=O)C(C)(C)C)CCCCC1. The molecule has 0 aliphatic heterocycles. The van der Waals surface area contributed by atoms with Crippen molar-refractivity contribution in [1.29, 1.82) is 0 Å². The average Bonchev–Trinajstić information content (AvgIpc) is 2.52. The van der Waals surface area contributed by atoms with Crippen LogP contribution in [-0.4, -0.2) is 25.7 Å². The van der Waals surface area contributed by atoms with E-state index >= 15 is 0 Å². The Hall–Kier alpha value is -1.04. The molecule has 1 rings (SSSR count). The predicted octanol–water partition coefficient (Wildman–Crippen LogP) is 2.49. The fourth-order valence-corrected chi connectivity index (χ4v) is 2.81. The van der Waals surface area contributed by atoms with Crippen LogP contribution >= 0.6 is 0 Å². The molecular formula is C14H25NO4S. The van der Waals surface area contributed by atoms with E-state index in [1.165, 1.54) is 0 Å². The normalized spacial score (nSPS) is 17.6. The first-order valence-corrected chi connectivity index (χ1v) is 8.59. The molecule has 116 valence electrons. The van der Waals surface area contributed by atoms with Gasteiger partial charge in [-0.25, -0.2) is 13.2 Å². The van der Waals surface area contributed by atoms with E-state index in [-0.39, 0.29) is 0 Å². The Morgan fingerprint density at radius 2 is 1.80 bits per heavy atom. The highest BCUT2D eigenvalue weighted by Gasteiger charge is 2.31. The molecule has 0 aromatic heterocycles. The number of rotatable bonds is 4. The lowest BCUT2D eigenvalue weighted by Crippen LogP contribution is -2.39. The van der Waals surface area contributed by atoms with Gasteiger partial charge in [0.25, 0.3) is 0 Å². The van der Waals surface area contributed by atoms with Gasteiger partial charge in [0.15, 0.2) is 0 Å². The van der Waals surface area contributed by atoms with Crippen molar-refractivity contribution in [3.05, 3.63) is 11.3 Å². The molecule has 0 radical (unpaired) electrons. The molecule has 0 aromatic rings. The zero-order valence-electron chi connectivity index (χ0n) is 12.8. The van der Waals surface area contributed by atoms with Gasteiger partial charge in [-0.05, 0) is 53.4 Å². The van der Waals surface area contributed by atoms with Crippen LogP contribution in [0.1, 0.15) is 59.8 Å². The van der Waals surface area contributed by atoms with Crippen molar-refractivity contribution in [2.75, 3.05) is 6.61 Å². The Kier molecular flexibility index (Phi) is 5.62. The second kappa shape index (κ2) is 6.61. The Labute approximate surface area is 121 Å². The maximum Gasteiger partial charge on any atom is 0.335 e. The number of ether oxygens (including phenoxy) is 1. The second-order valence-electron chi connectivity index (χ2n) is 5.96. The molecule has 0 saturated heterocycles. The first-order chi connectivity index (χ1) is 9.19. The first kappa shape index (κ1) is 17.0. The van der Waals surface area contributed by atoms with E-state index in [9.17, 15) is 13.2 Å². The van der Waals surface area contributed by atoms with Gasteiger partial charge in [-0.3, -0.25) is 4.72 Å². The number of carbonyl (C=O) groups is 1. The zero-order chi connectivity index (χ0) is 15.4. The van der Waals surface area contributed by atoms with Gasteiger partial charge < -0.3 is 4.74 Å². The summed E-state index contributed by atoms with van der Waals surface area (Å²) in [4.78, 5) is 12.0. The highest BCUT2D eigenvalue weighted by atomic mass is 32.2. The van der Waals surface area contributed by atoms with Crippen molar-refractivity contribution in [2.24, 2.45) is 0 Å². The van der Waals surface area contributed by atoms with Gasteiger partial charge in [-0.1, -0.05) is 6.42 Å². The molecule has 0 saturated carbocycles. The smallest absolute Gasteiger partial charge is 0.335 e. The van der Waals surface area contributed by atoms with E-state index in [0.29, 0.717) is 30.7 Å². The topological polar surface area (TPSA) is 72.5 Å². The molecule has 0 spiro atoms. The third kappa shape index (κ3) is 4.23. The van der Waals surface area contributed by atoms with Crippen LogP contribution < -0.4 is 4.72 Å². The van der Waals surface area contributed by atoms with Gasteiger partial charge in [0.1, 0.15) is 0 Å². The molecule has 0 fully saturated rings. The van der Waals surface area contributed by atoms with Gasteiger partial charge in [0.05, 0.1) is 16.9 Å². The zero-order valence-corrected chi connectivity index (χ0v) is 13.6. The summed E-state index contributed by atoms with van der Waals surface area (Å²) in [7, 11) is -3.51. The molecule has 6 heteroatoms. The predicted molar refractivity (Wildman–Crippen MR) is 78.6 cm³/mol. The molecule has 5 nitrogen and oxygen atoms in total. The van der Waals surface area contributed by atoms with Crippen molar-refractivity contribution < 1.29 is 17.9 Å². The van der Waals surface area contributed by atoms with E-state index in [4.69, 9.17) is 4.74 Å². The molecule has 1 aliphatic carbocycles. The van der Waals surface area contributed by atoms with E-state index in [0.717, 1.165) is 19.3 Å².